The largest absolute Gasteiger partial charge is 0.388 e. The predicted molar refractivity (Wildman–Crippen MR) is 84.4 cm³/mol. The van der Waals surface area contributed by atoms with Gasteiger partial charge in [-0.25, -0.2) is 0 Å². The van der Waals surface area contributed by atoms with Crippen LogP contribution >= 0.6 is 0 Å². The van der Waals surface area contributed by atoms with Crippen LogP contribution in [0.3, 0.4) is 0 Å². The van der Waals surface area contributed by atoms with E-state index in [1.165, 1.54) is 6.92 Å². The Balaban J connectivity index is 2.11. The zero-order chi connectivity index (χ0) is 18.9. The van der Waals surface area contributed by atoms with Crippen molar-refractivity contribution in [3.05, 3.63) is 0 Å². The molecule has 148 valence electrons. The maximum atomic E-state index is 10.3. The second kappa shape index (κ2) is 8.55. The average molecular weight is 366 g/mol. The van der Waals surface area contributed by atoms with Crippen LogP contribution in [0.1, 0.15) is 27.7 Å². The minimum Gasteiger partial charge on any atom is -0.388 e. The average Bonchev–Trinajstić information content (AvgIpc) is 2.56. The lowest BCUT2D eigenvalue weighted by atomic mass is 9.99. The minimum absolute atomic E-state index is 0.123. The van der Waals surface area contributed by atoms with Crippen molar-refractivity contribution in [2.24, 2.45) is 5.92 Å². The predicted octanol–water partition coefficient (Wildman–Crippen LogP) is -1.66. The van der Waals surface area contributed by atoms with Gasteiger partial charge < -0.3 is 44.5 Å². The molecule has 2 aliphatic rings. The quantitative estimate of drug-likeness (QED) is 0.387. The van der Waals surface area contributed by atoms with Gasteiger partial charge in [-0.15, -0.1) is 0 Å². The fourth-order valence-electron chi connectivity index (χ4n) is 2.68. The Kier molecular flexibility index (Phi) is 7.17. The fourth-order valence-corrected chi connectivity index (χ4v) is 2.68. The molecule has 2 heterocycles. The molecule has 2 saturated heterocycles. The number of hydrogen-bond acceptors (Lipinski definition) is 9. The Morgan fingerprint density at radius 1 is 0.880 bits per heavy atom. The summed E-state index contributed by atoms with van der Waals surface area (Å²) in [4.78, 5) is 0. The molecular formula is C16H30O9. The van der Waals surface area contributed by atoms with Crippen LogP contribution in [0.5, 0.6) is 0 Å². The van der Waals surface area contributed by atoms with E-state index in [0.29, 0.717) is 0 Å². The highest BCUT2D eigenvalue weighted by Crippen LogP contribution is 2.28. The molecule has 0 aromatic rings. The Hall–Kier alpha value is -0.360. The van der Waals surface area contributed by atoms with E-state index < -0.39 is 55.3 Å². The number of hydrogen-bond donors (Lipinski definition) is 5. The van der Waals surface area contributed by atoms with Gasteiger partial charge in [0.1, 0.15) is 36.6 Å². The van der Waals surface area contributed by atoms with Gasteiger partial charge in [0.15, 0.2) is 12.6 Å². The fraction of sp³-hybridized carbons (Fsp3) is 1.00. The number of aliphatic hydroxyl groups excluding tert-OH is 5. The molecular weight excluding hydrogens is 336 g/mol. The molecule has 0 spiro atoms. The third-order valence-electron chi connectivity index (χ3n) is 4.82. The van der Waals surface area contributed by atoms with E-state index in [0.717, 1.165) is 0 Å². The molecule has 25 heavy (non-hydrogen) atoms. The Morgan fingerprint density at radius 3 is 2.12 bits per heavy atom. The summed E-state index contributed by atoms with van der Waals surface area (Å²) in [6.07, 6.45) is -11.2. The molecule has 5 N–H and O–H groups in total. The Labute approximate surface area is 147 Å². The monoisotopic (exact) mass is 366 g/mol. The molecule has 0 bridgehead atoms. The van der Waals surface area contributed by atoms with Crippen LogP contribution < -0.4 is 0 Å². The highest BCUT2D eigenvalue weighted by atomic mass is 16.8. The van der Waals surface area contributed by atoms with Crippen LogP contribution in [-0.2, 0) is 18.9 Å². The first-order valence-corrected chi connectivity index (χ1v) is 8.61. The van der Waals surface area contributed by atoms with Gasteiger partial charge in [0.05, 0.1) is 18.8 Å². The summed E-state index contributed by atoms with van der Waals surface area (Å²) in [5.41, 5.74) is 0. The molecule has 10 atom stereocenters. The van der Waals surface area contributed by atoms with E-state index in [2.05, 4.69) is 0 Å². The zero-order valence-electron chi connectivity index (χ0n) is 14.9. The molecule has 2 rings (SSSR count). The van der Waals surface area contributed by atoms with E-state index >= 15 is 0 Å². The summed E-state index contributed by atoms with van der Waals surface area (Å²) < 4.78 is 22.2. The van der Waals surface area contributed by atoms with Crippen LogP contribution in [0, 0.1) is 5.92 Å². The minimum atomic E-state index is -1.53. The summed E-state index contributed by atoms with van der Waals surface area (Å²) in [7, 11) is 0. The van der Waals surface area contributed by atoms with Crippen molar-refractivity contribution >= 4 is 0 Å². The highest BCUT2D eigenvalue weighted by Gasteiger charge is 2.48. The van der Waals surface area contributed by atoms with Crippen LogP contribution in [0.15, 0.2) is 0 Å². The Morgan fingerprint density at radius 2 is 1.52 bits per heavy atom. The third-order valence-corrected chi connectivity index (χ3v) is 4.82. The van der Waals surface area contributed by atoms with Gasteiger partial charge in [0.25, 0.3) is 0 Å². The molecule has 2 aliphatic heterocycles. The van der Waals surface area contributed by atoms with Crippen molar-refractivity contribution in [1.29, 1.82) is 0 Å². The summed E-state index contributed by atoms with van der Waals surface area (Å²) >= 11 is 0. The Bertz CT molecular complexity index is 420. The van der Waals surface area contributed by atoms with Crippen molar-refractivity contribution in [1.82, 2.24) is 0 Å². The molecule has 0 aromatic heterocycles. The summed E-state index contributed by atoms with van der Waals surface area (Å²) in [5.74, 6) is 0.182. The third kappa shape index (κ3) is 4.68. The van der Waals surface area contributed by atoms with Gasteiger partial charge in [-0.3, -0.25) is 0 Å². The topological polar surface area (TPSA) is 138 Å². The van der Waals surface area contributed by atoms with Crippen molar-refractivity contribution in [3.63, 3.8) is 0 Å². The maximum Gasteiger partial charge on any atom is 0.187 e. The van der Waals surface area contributed by atoms with Crippen molar-refractivity contribution in [2.75, 3.05) is 6.61 Å². The van der Waals surface area contributed by atoms with Gasteiger partial charge in [-0.05, 0) is 19.8 Å². The maximum absolute atomic E-state index is 10.3. The normalized spacial score (nSPS) is 47.0. The molecule has 2 unspecified atom stereocenters. The second-order valence-corrected chi connectivity index (χ2v) is 7.13. The number of aliphatic hydroxyl groups is 5. The molecule has 2 fully saturated rings. The van der Waals surface area contributed by atoms with Crippen molar-refractivity contribution in [2.45, 2.75) is 89.1 Å². The first kappa shape index (κ1) is 20.9. The summed E-state index contributed by atoms with van der Waals surface area (Å²) in [6.45, 7) is 7.16. The van der Waals surface area contributed by atoms with Crippen LogP contribution in [-0.4, -0.2) is 93.6 Å². The smallest absolute Gasteiger partial charge is 0.187 e. The molecule has 0 aromatic carbocycles. The van der Waals surface area contributed by atoms with Crippen LogP contribution in [0.25, 0.3) is 0 Å². The molecule has 0 amide bonds. The van der Waals surface area contributed by atoms with E-state index in [-0.39, 0.29) is 18.6 Å². The van der Waals surface area contributed by atoms with Crippen molar-refractivity contribution < 1.29 is 44.5 Å². The molecule has 0 radical (unpaired) electrons. The first-order chi connectivity index (χ1) is 11.6. The lowest BCUT2D eigenvalue weighted by molar-refractivity contribution is -0.358. The molecule has 9 heteroatoms. The van der Waals surface area contributed by atoms with Gasteiger partial charge >= 0.3 is 0 Å². The van der Waals surface area contributed by atoms with Gasteiger partial charge in [-0.2, -0.15) is 0 Å². The number of ether oxygens (including phenoxy) is 4. The van der Waals surface area contributed by atoms with E-state index in [1.807, 2.05) is 20.8 Å². The van der Waals surface area contributed by atoms with Gasteiger partial charge in [0, 0.05) is 0 Å². The zero-order valence-corrected chi connectivity index (χ0v) is 14.9. The van der Waals surface area contributed by atoms with E-state index in [1.54, 1.807) is 0 Å². The first-order valence-electron chi connectivity index (χ1n) is 8.61. The van der Waals surface area contributed by atoms with Gasteiger partial charge in [0.2, 0.25) is 0 Å². The van der Waals surface area contributed by atoms with Crippen LogP contribution in [0.2, 0.25) is 0 Å². The van der Waals surface area contributed by atoms with E-state index in [4.69, 9.17) is 18.9 Å². The lowest BCUT2D eigenvalue weighted by Gasteiger charge is -2.44. The summed E-state index contributed by atoms with van der Waals surface area (Å²) in [6, 6.07) is 0. The van der Waals surface area contributed by atoms with Gasteiger partial charge in [-0.1, -0.05) is 13.8 Å². The summed E-state index contributed by atoms with van der Waals surface area (Å²) in [5, 5.41) is 49.8. The molecule has 9 nitrogen and oxygen atoms in total. The standard InChI is InChI=1S/C16H30O9/c1-6(2)7(3)23-16-14(11(19)9(17)5-22-16)25-15-13(21)12(20)10(18)8(4)24-15/h6-21H,5H2,1-4H3/t7?,8-,9-,10-,11-,12+,13+,14+,15-,16?/m0/s1. The second-order valence-electron chi connectivity index (χ2n) is 7.13. The molecule has 0 aliphatic carbocycles. The van der Waals surface area contributed by atoms with E-state index in [9.17, 15) is 25.5 Å². The van der Waals surface area contributed by atoms with Crippen LogP contribution in [0.4, 0.5) is 0 Å². The van der Waals surface area contributed by atoms with Crippen molar-refractivity contribution in [3.8, 4) is 0 Å². The SMILES string of the molecule is CC(C)C(C)OC1OC[C@H](O)[C@H](O)[C@H]1O[C@@H]1O[C@@H](C)[C@H](O)[C@@H](O)[C@H]1O. The highest BCUT2D eigenvalue weighted by molar-refractivity contribution is 4.90. The number of rotatable bonds is 5. The molecule has 0 saturated carbocycles. The lowest BCUT2D eigenvalue weighted by Crippen LogP contribution is -2.62.